The third kappa shape index (κ3) is 3.77. The second kappa shape index (κ2) is 7.48. The molecule has 142 valence electrons. The Hall–Kier alpha value is -3.12. The van der Waals surface area contributed by atoms with E-state index in [1.54, 1.807) is 11.3 Å². The summed E-state index contributed by atoms with van der Waals surface area (Å²) in [6.07, 6.45) is 1.95. The van der Waals surface area contributed by atoms with Gasteiger partial charge in [0.05, 0.1) is 5.69 Å². The number of fused-ring (bicyclic) bond motifs is 1. The van der Waals surface area contributed by atoms with Gasteiger partial charge in [0.2, 0.25) is 0 Å². The number of carbonyl (C=O) groups excluding carboxylic acids is 1. The van der Waals surface area contributed by atoms with E-state index in [-0.39, 0.29) is 5.91 Å². The fourth-order valence-electron chi connectivity index (χ4n) is 3.02. The minimum absolute atomic E-state index is 0.122. The van der Waals surface area contributed by atoms with Gasteiger partial charge in [-0.1, -0.05) is 29.8 Å². The number of nitrogens with zero attached hydrogens (tertiary/aromatic N) is 2. The minimum Gasteiger partial charge on any atom is -0.457 e. The molecule has 0 saturated heterocycles. The van der Waals surface area contributed by atoms with Gasteiger partial charge in [0, 0.05) is 17.6 Å². The van der Waals surface area contributed by atoms with Crippen LogP contribution in [0.2, 0.25) is 0 Å². The van der Waals surface area contributed by atoms with Crippen molar-refractivity contribution in [1.82, 2.24) is 14.7 Å². The highest BCUT2D eigenvalue weighted by Gasteiger charge is 2.17. The monoisotopic (exact) mass is 391 g/mol. The molecule has 2 aromatic carbocycles. The molecule has 2 heterocycles. The molecule has 6 heteroatoms. The van der Waals surface area contributed by atoms with Crippen molar-refractivity contribution in [2.45, 2.75) is 27.3 Å². The van der Waals surface area contributed by atoms with Crippen LogP contribution in [0.25, 0.3) is 4.96 Å². The van der Waals surface area contributed by atoms with Crippen LogP contribution in [0.15, 0.2) is 54.7 Å². The van der Waals surface area contributed by atoms with Gasteiger partial charge < -0.3 is 10.1 Å². The highest BCUT2D eigenvalue weighted by molar-refractivity contribution is 7.17. The van der Waals surface area contributed by atoms with Crippen LogP contribution in [0.3, 0.4) is 0 Å². The molecule has 28 heavy (non-hydrogen) atoms. The van der Waals surface area contributed by atoms with Crippen molar-refractivity contribution in [1.29, 1.82) is 0 Å². The third-order valence-corrected chi connectivity index (χ3v) is 5.36. The molecule has 0 spiro atoms. The van der Waals surface area contributed by atoms with E-state index in [0.29, 0.717) is 12.2 Å². The van der Waals surface area contributed by atoms with Crippen molar-refractivity contribution >= 4 is 22.2 Å². The summed E-state index contributed by atoms with van der Waals surface area (Å²) in [7, 11) is 0. The van der Waals surface area contributed by atoms with Crippen molar-refractivity contribution in [3.63, 3.8) is 0 Å². The van der Waals surface area contributed by atoms with Gasteiger partial charge in [-0.15, -0.1) is 11.3 Å². The molecule has 1 N–H and O–H groups in total. The molecule has 4 aromatic rings. The number of ether oxygens (including phenoxy) is 1. The average molecular weight is 391 g/mol. The zero-order chi connectivity index (χ0) is 19.7. The first-order valence-corrected chi connectivity index (χ1v) is 9.88. The largest absolute Gasteiger partial charge is 0.457 e. The number of hydrogen-bond acceptors (Lipinski definition) is 4. The molecule has 5 nitrogen and oxygen atoms in total. The lowest BCUT2D eigenvalue weighted by molar-refractivity contribution is 0.0944. The highest BCUT2D eigenvalue weighted by atomic mass is 32.1. The number of amides is 1. The van der Waals surface area contributed by atoms with Crippen LogP contribution in [0.4, 0.5) is 0 Å². The molecule has 0 fully saturated rings. The molecule has 0 aliphatic heterocycles. The Morgan fingerprint density at radius 3 is 2.36 bits per heavy atom. The Morgan fingerprint density at radius 2 is 1.68 bits per heavy atom. The standard InChI is InChI=1S/C22H21N3O2S/c1-14-4-8-18(9-5-14)27-19-10-6-17(7-11-19)12-23-21(26)20-16(3)24-22-25(20)13-15(2)28-22/h4-11,13H,12H2,1-3H3,(H,23,26). The molecule has 0 bridgehead atoms. The molecule has 0 atom stereocenters. The highest BCUT2D eigenvalue weighted by Crippen LogP contribution is 2.23. The first-order chi connectivity index (χ1) is 13.5. The second-order valence-electron chi connectivity index (χ2n) is 6.78. The first kappa shape index (κ1) is 18.3. The lowest BCUT2D eigenvalue weighted by atomic mass is 10.2. The van der Waals surface area contributed by atoms with Crippen LogP contribution in [-0.4, -0.2) is 15.3 Å². The summed E-state index contributed by atoms with van der Waals surface area (Å²) in [6, 6.07) is 15.7. The third-order valence-electron chi connectivity index (χ3n) is 4.46. The molecule has 0 aliphatic carbocycles. The number of thiazole rings is 1. The van der Waals surface area contributed by atoms with E-state index < -0.39 is 0 Å². The van der Waals surface area contributed by atoms with E-state index >= 15 is 0 Å². The van der Waals surface area contributed by atoms with Crippen LogP contribution >= 0.6 is 11.3 Å². The van der Waals surface area contributed by atoms with Crippen LogP contribution in [-0.2, 0) is 6.54 Å². The van der Waals surface area contributed by atoms with Crippen molar-refractivity contribution in [2.24, 2.45) is 0 Å². The Bertz CT molecular complexity index is 1130. The molecule has 0 aliphatic rings. The molecule has 0 saturated carbocycles. The number of aromatic nitrogens is 2. The minimum atomic E-state index is -0.122. The molecular formula is C22H21N3O2S. The van der Waals surface area contributed by atoms with E-state index in [1.807, 2.05) is 79.9 Å². The van der Waals surface area contributed by atoms with Crippen molar-refractivity contribution in [3.05, 3.63) is 82.1 Å². The zero-order valence-electron chi connectivity index (χ0n) is 16.0. The predicted molar refractivity (Wildman–Crippen MR) is 111 cm³/mol. The number of rotatable bonds is 5. The fraction of sp³-hybridized carbons (Fsp3) is 0.182. The van der Waals surface area contributed by atoms with Crippen molar-refractivity contribution in [2.75, 3.05) is 0 Å². The number of carbonyl (C=O) groups is 1. The lowest BCUT2D eigenvalue weighted by Gasteiger charge is -2.08. The molecule has 2 aromatic heterocycles. The topological polar surface area (TPSA) is 55.6 Å². The van der Waals surface area contributed by atoms with Gasteiger partial charge in [0.15, 0.2) is 4.96 Å². The lowest BCUT2D eigenvalue weighted by Crippen LogP contribution is -2.24. The van der Waals surface area contributed by atoms with E-state index in [0.717, 1.165) is 32.6 Å². The molecule has 4 rings (SSSR count). The summed E-state index contributed by atoms with van der Waals surface area (Å²) in [5.41, 5.74) is 3.54. The van der Waals surface area contributed by atoms with Crippen LogP contribution in [0.1, 0.15) is 32.2 Å². The maximum absolute atomic E-state index is 12.7. The zero-order valence-corrected chi connectivity index (χ0v) is 16.8. The Kier molecular flexibility index (Phi) is 4.88. The summed E-state index contributed by atoms with van der Waals surface area (Å²) in [5, 5.41) is 2.98. The van der Waals surface area contributed by atoms with Crippen LogP contribution < -0.4 is 10.1 Å². The number of hydrogen-bond donors (Lipinski definition) is 1. The molecular weight excluding hydrogens is 370 g/mol. The van der Waals surface area contributed by atoms with Crippen molar-refractivity contribution in [3.8, 4) is 11.5 Å². The maximum atomic E-state index is 12.7. The number of imidazole rings is 1. The van der Waals surface area contributed by atoms with Gasteiger partial charge in [-0.25, -0.2) is 4.98 Å². The number of nitrogens with one attached hydrogen (secondary N) is 1. The summed E-state index contributed by atoms with van der Waals surface area (Å²) < 4.78 is 7.71. The summed E-state index contributed by atoms with van der Waals surface area (Å²) in [5.74, 6) is 1.45. The first-order valence-electron chi connectivity index (χ1n) is 9.06. The molecule has 0 unspecified atom stereocenters. The quantitative estimate of drug-likeness (QED) is 0.518. The van der Waals surface area contributed by atoms with Gasteiger partial charge in [-0.3, -0.25) is 9.20 Å². The van der Waals surface area contributed by atoms with Gasteiger partial charge in [0.1, 0.15) is 17.2 Å². The van der Waals surface area contributed by atoms with Crippen LogP contribution in [0, 0.1) is 20.8 Å². The smallest absolute Gasteiger partial charge is 0.270 e. The van der Waals surface area contributed by atoms with Crippen LogP contribution in [0.5, 0.6) is 11.5 Å². The fourth-order valence-corrected chi connectivity index (χ4v) is 3.89. The molecule has 1 amide bonds. The van der Waals surface area contributed by atoms with Gasteiger partial charge in [-0.2, -0.15) is 0 Å². The normalized spacial score (nSPS) is 11.0. The average Bonchev–Trinajstić information content (AvgIpc) is 3.17. The Morgan fingerprint density at radius 1 is 1.04 bits per heavy atom. The number of benzene rings is 2. The summed E-state index contributed by atoms with van der Waals surface area (Å²) in [6.45, 7) is 6.36. The predicted octanol–water partition coefficient (Wildman–Crippen LogP) is 5.04. The Labute approximate surface area is 167 Å². The summed E-state index contributed by atoms with van der Waals surface area (Å²) in [4.78, 5) is 19.1. The molecule has 0 radical (unpaired) electrons. The van der Waals surface area contributed by atoms with Gasteiger partial charge in [-0.05, 0) is 50.6 Å². The van der Waals surface area contributed by atoms with E-state index in [9.17, 15) is 4.79 Å². The second-order valence-corrected chi connectivity index (χ2v) is 8.00. The summed E-state index contributed by atoms with van der Waals surface area (Å²) >= 11 is 1.58. The Balaban J connectivity index is 1.41. The van der Waals surface area contributed by atoms with E-state index in [4.69, 9.17) is 4.74 Å². The van der Waals surface area contributed by atoms with Gasteiger partial charge in [0.25, 0.3) is 5.91 Å². The van der Waals surface area contributed by atoms with E-state index in [1.165, 1.54) is 5.56 Å². The van der Waals surface area contributed by atoms with E-state index in [2.05, 4.69) is 10.3 Å². The number of aryl methyl sites for hydroxylation is 3. The van der Waals surface area contributed by atoms with Crippen molar-refractivity contribution < 1.29 is 9.53 Å². The van der Waals surface area contributed by atoms with Gasteiger partial charge >= 0.3 is 0 Å². The maximum Gasteiger partial charge on any atom is 0.270 e. The SMILES string of the molecule is Cc1ccc(Oc2ccc(CNC(=O)c3c(C)nc4sc(C)cn34)cc2)cc1.